The standard InChI is InChI=1S/C30H34N4O5S.2ClH/c31-15-18-40(37,38)34-30(36)27-13-12-24(19-29(27)39-26-6-2-1-3-7-26)23-10-8-22(9-11-23)14-17-33-21-28(35)25-5-4-16-32-20-25;;/h4-5,8-13,16,19-20,26,28,33,35H,1-3,6-7,14,17-18,21H2,(H,34,36);2*1H/t28-;;/m0../s1. The van der Waals surface area contributed by atoms with E-state index < -0.39 is 27.8 Å². The minimum atomic E-state index is -4.06. The number of halogens is 2. The average Bonchev–Trinajstić information content (AvgIpc) is 2.96. The Hall–Kier alpha value is -3.20. The Balaban J connectivity index is 0.00000308. The van der Waals surface area contributed by atoms with Crippen LogP contribution in [0.2, 0.25) is 0 Å². The molecule has 12 heteroatoms. The van der Waals surface area contributed by atoms with Gasteiger partial charge in [0.2, 0.25) is 10.0 Å². The predicted molar refractivity (Wildman–Crippen MR) is 167 cm³/mol. The number of amides is 1. The Kier molecular flexibility index (Phi) is 14.2. The van der Waals surface area contributed by atoms with Crippen molar-refractivity contribution in [3.05, 3.63) is 83.7 Å². The van der Waals surface area contributed by atoms with Crippen LogP contribution in [0.15, 0.2) is 67.0 Å². The molecule has 0 saturated heterocycles. The van der Waals surface area contributed by atoms with E-state index in [1.54, 1.807) is 42.7 Å². The van der Waals surface area contributed by atoms with Gasteiger partial charge in [-0.3, -0.25) is 9.78 Å². The molecule has 1 aliphatic rings. The number of rotatable bonds is 12. The molecular weight excluding hydrogens is 599 g/mol. The summed E-state index contributed by atoms with van der Waals surface area (Å²) in [5.41, 5.74) is 3.79. The third-order valence-corrected chi connectivity index (χ3v) is 7.86. The largest absolute Gasteiger partial charge is 0.490 e. The number of aliphatic hydroxyl groups excluding tert-OH is 1. The Morgan fingerprint density at radius 3 is 2.45 bits per heavy atom. The summed E-state index contributed by atoms with van der Waals surface area (Å²) in [6, 6.07) is 18.4. The molecule has 1 heterocycles. The molecule has 0 unspecified atom stereocenters. The van der Waals surface area contributed by atoms with E-state index in [2.05, 4.69) is 10.3 Å². The molecule has 0 radical (unpaired) electrons. The molecule has 0 aliphatic heterocycles. The van der Waals surface area contributed by atoms with Crippen molar-refractivity contribution in [2.45, 2.75) is 50.7 Å². The molecule has 0 spiro atoms. The number of nitrogens with zero attached hydrogens (tertiary/aromatic N) is 2. The van der Waals surface area contributed by atoms with Crippen LogP contribution in [0.1, 0.15) is 59.7 Å². The second kappa shape index (κ2) is 17.0. The molecule has 1 amide bonds. The maximum Gasteiger partial charge on any atom is 0.268 e. The average molecular weight is 636 g/mol. The highest BCUT2D eigenvalue weighted by molar-refractivity contribution is 7.90. The van der Waals surface area contributed by atoms with Gasteiger partial charge in [0.1, 0.15) is 5.75 Å². The highest BCUT2D eigenvalue weighted by Gasteiger charge is 2.23. The van der Waals surface area contributed by atoms with Gasteiger partial charge in [0.25, 0.3) is 5.91 Å². The topological polar surface area (TPSA) is 141 Å². The molecule has 42 heavy (non-hydrogen) atoms. The Bertz CT molecular complexity index is 1430. The minimum absolute atomic E-state index is 0. The number of sulfonamides is 1. The summed E-state index contributed by atoms with van der Waals surface area (Å²) in [6.07, 6.45) is 8.44. The highest BCUT2D eigenvalue weighted by atomic mass is 35.5. The Morgan fingerprint density at radius 1 is 1.07 bits per heavy atom. The van der Waals surface area contributed by atoms with Crippen molar-refractivity contribution in [3.63, 3.8) is 0 Å². The van der Waals surface area contributed by atoms with E-state index in [1.165, 1.54) is 0 Å². The lowest BCUT2D eigenvalue weighted by molar-refractivity contribution is 0.0969. The number of hydrogen-bond donors (Lipinski definition) is 3. The van der Waals surface area contributed by atoms with E-state index in [0.29, 0.717) is 18.8 Å². The number of benzene rings is 2. The number of aromatic nitrogens is 1. The SMILES string of the molecule is Cl.Cl.N#CCS(=O)(=O)NC(=O)c1ccc(-c2ccc(CCNC[C@H](O)c3cccnc3)cc2)cc1OC1CCCCC1. The van der Waals surface area contributed by atoms with Gasteiger partial charge in [-0.25, -0.2) is 13.1 Å². The van der Waals surface area contributed by atoms with Gasteiger partial charge in [-0.1, -0.05) is 42.8 Å². The summed E-state index contributed by atoms with van der Waals surface area (Å²) in [6.45, 7) is 1.14. The number of ether oxygens (including phenoxy) is 1. The molecule has 3 N–H and O–H groups in total. The van der Waals surface area contributed by atoms with E-state index in [1.807, 2.05) is 35.1 Å². The zero-order valence-corrected chi connectivity index (χ0v) is 25.5. The number of nitrogens with one attached hydrogen (secondary N) is 2. The van der Waals surface area contributed by atoms with Crippen LogP contribution in [-0.2, 0) is 16.4 Å². The summed E-state index contributed by atoms with van der Waals surface area (Å²) in [5, 5.41) is 22.3. The number of hydrogen-bond acceptors (Lipinski definition) is 8. The zero-order valence-electron chi connectivity index (χ0n) is 23.1. The van der Waals surface area contributed by atoms with Crippen molar-refractivity contribution in [3.8, 4) is 22.9 Å². The van der Waals surface area contributed by atoms with Crippen molar-refractivity contribution in [1.82, 2.24) is 15.0 Å². The lowest BCUT2D eigenvalue weighted by Crippen LogP contribution is -2.32. The molecule has 0 bridgehead atoms. The molecule has 1 fully saturated rings. The first kappa shape index (κ1) is 35.0. The summed E-state index contributed by atoms with van der Waals surface area (Å²) in [5.74, 6) is -1.29. The maximum atomic E-state index is 12.8. The molecule has 1 aromatic heterocycles. The quantitative estimate of drug-likeness (QED) is 0.242. The van der Waals surface area contributed by atoms with Gasteiger partial charge in [0.15, 0.2) is 5.75 Å². The van der Waals surface area contributed by atoms with Gasteiger partial charge in [-0.05, 0) is 73.5 Å². The van der Waals surface area contributed by atoms with E-state index in [4.69, 9.17) is 10.00 Å². The van der Waals surface area contributed by atoms with Crippen LogP contribution in [0.4, 0.5) is 0 Å². The van der Waals surface area contributed by atoms with Gasteiger partial charge in [0, 0.05) is 24.5 Å². The smallest absolute Gasteiger partial charge is 0.268 e. The fraction of sp³-hybridized carbons (Fsp3) is 0.367. The van der Waals surface area contributed by atoms with Crippen LogP contribution >= 0.6 is 24.8 Å². The Morgan fingerprint density at radius 2 is 1.79 bits per heavy atom. The molecule has 9 nitrogen and oxygen atoms in total. The predicted octanol–water partition coefficient (Wildman–Crippen LogP) is 4.75. The molecule has 1 atom stereocenters. The van der Waals surface area contributed by atoms with Crippen molar-refractivity contribution < 1.29 is 23.1 Å². The molecule has 1 aliphatic carbocycles. The number of pyridine rings is 1. The van der Waals surface area contributed by atoms with Gasteiger partial charge in [-0.2, -0.15) is 5.26 Å². The van der Waals surface area contributed by atoms with Crippen LogP contribution in [0.3, 0.4) is 0 Å². The summed E-state index contributed by atoms with van der Waals surface area (Å²) >= 11 is 0. The second-order valence-corrected chi connectivity index (χ2v) is 11.6. The number of carbonyl (C=O) groups excluding carboxylic acids is 1. The van der Waals surface area contributed by atoms with Crippen LogP contribution in [-0.4, -0.2) is 49.4 Å². The third-order valence-electron chi connectivity index (χ3n) is 6.86. The van der Waals surface area contributed by atoms with Crippen molar-refractivity contribution in [2.75, 3.05) is 18.8 Å². The molecule has 226 valence electrons. The van der Waals surface area contributed by atoms with Crippen molar-refractivity contribution in [1.29, 1.82) is 5.26 Å². The van der Waals surface area contributed by atoms with Crippen LogP contribution < -0.4 is 14.8 Å². The second-order valence-electron chi connectivity index (χ2n) is 9.89. The van der Waals surface area contributed by atoms with Crippen LogP contribution in [0, 0.1) is 11.3 Å². The molecular formula is C30H36Cl2N4O5S. The van der Waals surface area contributed by atoms with Crippen molar-refractivity contribution >= 4 is 40.7 Å². The summed E-state index contributed by atoms with van der Waals surface area (Å²) < 4.78 is 32.2. The third kappa shape index (κ3) is 10.3. The maximum absolute atomic E-state index is 12.8. The van der Waals surface area contributed by atoms with E-state index in [-0.39, 0.29) is 36.5 Å². The van der Waals surface area contributed by atoms with Gasteiger partial charge >= 0.3 is 0 Å². The van der Waals surface area contributed by atoms with Crippen LogP contribution in [0.25, 0.3) is 11.1 Å². The highest BCUT2D eigenvalue weighted by Crippen LogP contribution is 2.31. The fourth-order valence-electron chi connectivity index (χ4n) is 4.69. The normalized spacial score (nSPS) is 14.0. The van der Waals surface area contributed by atoms with E-state index in [0.717, 1.165) is 60.8 Å². The first-order valence-corrected chi connectivity index (χ1v) is 15.1. The van der Waals surface area contributed by atoms with Crippen molar-refractivity contribution in [2.24, 2.45) is 0 Å². The first-order valence-electron chi connectivity index (χ1n) is 13.4. The van der Waals surface area contributed by atoms with E-state index in [9.17, 15) is 18.3 Å². The monoisotopic (exact) mass is 634 g/mol. The number of aliphatic hydroxyl groups is 1. The molecule has 2 aromatic carbocycles. The summed E-state index contributed by atoms with van der Waals surface area (Å²) in [7, 11) is -4.06. The molecule has 3 aromatic rings. The lowest BCUT2D eigenvalue weighted by atomic mass is 9.97. The summed E-state index contributed by atoms with van der Waals surface area (Å²) in [4.78, 5) is 16.9. The van der Waals surface area contributed by atoms with Gasteiger partial charge in [-0.15, -0.1) is 24.8 Å². The number of nitriles is 1. The van der Waals surface area contributed by atoms with Gasteiger partial charge in [0.05, 0.1) is 23.8 Å². The van der Waals surface area contributed by atoms with Crippen LogP contribution in [0.5, 0.6) is 5.75 Å². The fourth-order valence-corrected chi connectivity index (χ4v) is 5.33. The Labute approximate surface area is 259 Å². The van der Waals surface area contributed by atoms with Gasteiger partial charge < -0.3 is 15.2 Å². The zero-order chi connectivity index (χ0) is 28.4. The minimum Gasteiger partial charge on any atom is -0.490 e. The first-order chi connectivity index (χ1) is 19.3. The lowest BCUT2D eigenvalue weighted by Gasteiger charge is -2.24. The number of carbonyl (C=O) groups is 1. The molecule has 1 saturated carbocycles. The molecule has 4 rings (SSSR count). The van der Waals surface area contributed by atoms with E-state index >= 15 is 0 Å².